The van der Waals surface area contributed by atoms with Crippen LogP contribution in [0.1, 0.15) is 24.1 Å². The van der Waals surface area contributed by atoms with Crippen LogP contribution in [0.3, 0.4) is 0 Å². The predicted octanol–water partition coefficient (Wildman–Crippen LogP) is 5.86. The molecular weight excluding hydrogens is 434 g/mol. The standard InChI is InChI=1S/C26H29N3OS2/c1-20(22-9-13-24(14-10-22)29-15-17-30-18-16-29)27-26(31)28-23-11-7-21(8-12-23)19-32-25-5-3-2-4-6-25/h2-14,20H,15-19H2,1H3,(H2,27,28,31). The molecule has 0 saturated carbocycles. The zero-order valence-electron chi connectivity index (χ0n) is 18.3. The van der Waals surface area contributed by atoms with Crippen LogP contribution in [-0.4, -0.2) is 31.4 Å². The van der Waals surface area contributed by atoms with Crippen LogP contribution in [0.2, 0.25) is 0 Å². The smallest absolute Gasteiger partial charge is 0.171 e. The van der Waals surface area contributed by atoms with Gasteiger partial charge in [-0.2, -0.15) is 0 Å². The number of hydrogen-bond acceptors (Lipinski definition) is 4. The average molecular weight is 464 g/mol. The Kier molecular flexibility index (Phi) is 8.04. The summed E-state index contributed by atoms with van der Waals surface area (Å²) in [4.78, 5) is 3.65. The van der Waals surface area contributed by atoms with Crippen LogP contribution in [-0.2, 0) is 10.5 Å². The molecule has 1 aliphatic rings. The fourth-order valence-electron chi connectivity index (χ4n) is 3.61. The first kappa shape index (κ1) is 22.6. The summed E-state index contributed by atoms with van der Waals surface area (Å²) in [7, 11) is 0. The van der Waals surface area contributed by atoms with Crippen molar-refractivity contribution in [2.45, 2.75) is 23.6 Å². The summed E-state index contributed by atoms with van der Waals surface area (Å²) >= 11 is 7.38. The summed E-state index contributed by atoms with van der Waals surface area (Å²) in [6.45, 7) is 5.62. The van der Waals surface area contributed by atoms with Gasteiger partial charge in [-0.15, -0.1) is 11.8 Å². The summed E-state index contributed by atoms with van der Waals surface area (Å²) in [5, 5.41) is 7.31. The van der Waals surface area contributed by atoms with E-state index in [1.54, 1.807) is 0 Å². The van der Waals surface area contributed by atoms with Gasteiger partial charge in [0.05, 0.1) is 19.3 Å². The first-order chi connectivity index (χ1) is 15.7. The topological polar surface area (TPSA) is 36.5 Å². The van der Waals surface area contributed by atoms with E-state index in [4.69, 9.17) is 17.0 Å². The number of nitrogens with one attached hydrogen (secondary N) is 2. The Hall–Kier alpha value is -2.54. The van der Waals surface area contributed by atoms with E-state index in [2.05, 4.69) is 95.3 Å². The van der Waals surface area contributed by atoms with E-state index >= 15 is 0 Å². The van der Waals surface area contributed by atoms with Gasteiger partial charge in [-0.05, 0) is 66.7 Å². The van der Waals surface area contributed by atoms with Crippen LogP contribution in [0, 0.1) is 0 Å². The van der Waals surface area contributed by atoms with Gasteiger partial charge in [0, 0.05) is 35.1 Å². The van der Waals surface area contributed by atoms with E-state index in [0.29, 0.717) is 5.11 Å². The van der Waals surface area contributed by atoms with Gasteiger partial charge in [0.2, 0.25) is 0 Å². The van der Waals surface area contributed by atoms with Crippen LogP contribution >= 0.6 is 24.0 Å². The molecule has 1 heterocycles. The minimum absolute atomic E-state index is 0.121. The third-order valence-corrected chi connectivity index (χ3v) is 6.78. The highest BCUT2D eigenvalue weighted by atomic mass is 32.2. The highest BCUT2D eigenvalue weighted by Crippen LogP contribution is 2.23. The van der Waals surface area contributed by atoms with Crippen molar-refractivity contribution in [3.05, 3.63) is 90.0 Å². The van der Waals surface area contributed by atoms with Crippen molar-refractivity contribution in [3.8, 4) is 0 Å². The Balaban J connectivity index is 1.25. The Morgan fingerprint density at radius 3 is 2.34 bits per heavy atom. The van der Waals surface area contributed by atoms with Crippen LogP contribution < -0.4 is 15.5 Å². The molecule has 2 N–H and O–H groups in total. The van der Waals surface area contributed by atoms with Crippen molar-refractivity contribution < 1.29 is 4.74 Å². The average Bonchev–Trinajstić information content (AvgIpc) is 2.85. The van der Waals surface area contributed by atoms with Gasteiger partial charge < -0.3 is 20.3 Å². The number of benzene rings is 3. The number of morpholine rings is 1. The van der Waals surface area contributed by atoms with E-state index in [1.165, 1.54) is 21.7 Å². The minimum Gasteiger partial charge on any atom is -0.378 e. The van der Waals surface area contributed by atoms with Gasteiger partial charge in [0.15, 0.2) is 5.11 Å². The van der Waals surface area contributed by atoms with Crippen LogP contribution in [0.4, 0.5) is 11.4 Å². The Labute approximate surface area is 200 Å². The highest BCUT2D eigenvalue weighted by Gasteiger charge is 2.12. The predicted molar refractivity (Wildman–Crippen MR) is 140 cm³/mol. The maximum Gasteiger partial charge on any atom is 0.171 e. The summed E-state index contributed by atoms with van der Waals surface area (Å²) in [5.74, 6) is 0.949. The molecule has 1 fully saturated rings. The highest BCUT2D eigenvalue weighted by molar-refractivity contribution is 7.98. The van der Waals surface area contributed by atoms with E-state index in [-0.39, 0.29) is 6.04 Å². The van der Waals surface area contributed by atoms with Gasteiger partial charge in [0.25, 0.3) is 0 Å². The zero-order valence-corrected chi connectivity index (χ0v) is 19.9. The Bertz CT molecular complexity index is 988. The number of thiocarbonyl (C=S) groups is 1. The molecule has 0 aromatic heterocycles. The second-order valence-corrected chi connectivity index (χ2v) is 9.27. The molecule has 3 aromatic carbocycles. The molecule has 1 aliphatic heterocycles. The molecule has 4 rings (SSSR count). The Morgan fingerprint density at radius 2 is 1.66 bits per heavy atom. The zero-order chi connectivity index (χ0) is 22.2. The second kappa shape index (κ2) is 11.4. The summed E-state index contributed by atoms with van der Waals surface area (Å²) in [6.07, 6.45) is 0. The molecule has 1 unspecified atom stereocenters. The number of anilines is 2. The van der Waals surface area contributed by atoms with E-state index < -0.39 is 0 Å². The summed E-state index contributed by atoms with van der Waals surface area (Å²) in [6, 6.07) is 27.8. The van der Waals surface area contributed by atoms with E-state index in [0.717, 1.165) is 37.7 Å². The Morgan fingerprint density at radius 1 is 0.969 bits per heavy atom. The van der Waals surface area contributed by atoms with Crippen molar-refractivity contribution >= 4 is 40.5 Å². The lowest BCUT2D eigenvalue weighted by atomic mass is 10.1. The molecule has 0 bridgehead atoms. The van der Waals surface area contributed by atoms with Crippen molar-refractivity contribution in [3.63, 3.8) is 0 Å². The molecule has 0 radical (unpaired) electrons. The molecule has 6 heteroatoms. The third-order valence-electron chi connectivity index (χ3n) is 5.48. The second-order valence-electron chi connectivity index (χ2n) is 7.81. The molecule has 32 heavy (non-hydrogen) atoms. The summed E-state index contributed by atoms with van der Waals surface area (Å²) < 4.78 is 5.44. The van der Waals surface area contributed by atoms with Crippen molar-refractivity contribution in [2.75, 3.05) is 36.5 Å². The summed E-state index contributed by atoms with van der Waals surface area (Å²) in [5.41, 5.74) is 4.73. The van der Waals surface area contributed by atoms with E-state index in [9.17, 15) is 0 Å². The third kappa shape index (κ3) is 6.48. The normalized spacial score (nSPS) is 14.6. The van der Waals surface area contributed by atoms with Crippen molar-refractivity contribution in [2.24, 2.45) is 0 Å². The largest absolute Gasteiger partial charge is 0.378 e. The van der Waals surface area contributed by atoms with E-state index in [1.807, 2.05) is 17.8 Å². The number of thioether (sulfide) groups is 1. The lowest BCUT2D eigenvalue weighted by molar-refractivity contribution is 0.122. The fraction of sp³-hybridized carbons (Fsp3) is 0.269. The lowest BCUT2D eigenvalue weighted by Crippen LogP contribution is -2.36. The van der Waals surface area contributed by atoms with Crippen LogP contribution in [0.25, 0.3) is 0 Å². The molecule has 1 saturated heterocycles. The number of ether oxygens (including phenoxy) is 1. The van der Waals surface area contributed by atoms with Gasteiger partial charge in [0.1, 0.15) is 0 Å². The molecule has 166 valence electrons. The first-order valence-corrected chi connectivity index (χ1v) is 12.3. The van der Waals surface area contributed by atoms with Crippen molar-refractivity contribution in [1.82, 2.24) is 5.32 Å². The quantitative estimate of drug-likeness (QED) is 0.337. The van der Waals surface area contributed by atoms with Crippen LogP contribution in [0.5, 0.6) is 0 Å². The molecule has 3 aromatic rings. The minimum atomic E-state index is 0.121. The molecule has 4 nitrogen and oxygen atoms in total. The molecule has 0 aliphatic carbocycles. The number of hydrogen-bond donors (Lipinski definition) is 2. The maximum absolute atomic E-state index is 5.54. The van der Waals surface area contributed by atoms with Crippen LogP contribution in [0.15, 0.2) is 83.8 Å². The molecule has 1 atom stereocenters. The van der Waals surface area contributed by atoms with Gasteiger partial charge in [-0.3, -0.25) is 0 Å². The maximum atomic E-state index is 5.54. The van der Waals surface area contributed by atoms with Gasteiger partial charge in [-0.1, -0.05) is 42.5 Å². The van der Waals surface area contributed by atoms with Gasteiger partial charge >= 0.3 is 0 Å². The molecular formula is C26H29N3OS2. The molecule has 0 amide bonds. The molecule has 0 spiro atoms. The number of rotatable bonds is 7. The number of nitrogens with zero attached hydrogens (tertiary/aromatic N) is 1. The SMILES string of the molecule is CC(NC(=S)Nc1ccc(CSc2ccccc2)cc1)c1ccc(N2CCOCC2)cc1. The monoisotopic (exact) mass is 463 g/mol. The first-order valence-electron chi connectivity index (χ1n) is 10.9. The lowest BCUT2D eigenvalue weighted by Gasteiger charge is -2.29. The van der Waals surface area contributed by atoms with Crippen molar-refractivity contribution in [1.29, 1.82) is 0 Å². The fourth-order valence-corrected chi connectivity index (χ4v) is 4.78. The van der Waals surface area contributed by atoms with Gasteiger partial charge in [-0.25, -0.2) is 0 Å².